The van der Waals surface area contributed by atoms with Crippen LogP contribution in [0.5, 0.6) is 5.75 Å². The number of aromatic nitrogens is 2. The predicted molar refractivity (Wildman–Crippen MR) is 70.4 cm³/mol. The van der Waals surface area contributed by atoms with Gasteiger partial charge in [-0.25, -0.2) is 0 Å². The molecule has 0 fully saturated rings. The number of rotatable bonds is 5. The van der Waals surface area contributed by atoms with Crippen molar-refractivity contribution in [2.24, 2.45) is 0 Å². The van der Waals surface area contributed by atoms with Crippen LogP contribution in [-0.2, 0) is 13.1 Å². The summed E-state index contributed by atoms with van der Waals surface area (Å²) in [4.78, 5) is 8.32. The molecule has 0 amide bonds. The van der Waals surface area contributed by atoms with Crippen molar-refractivity contribution >= 4 is 0 Å². The molecular weight excluding hydrogens is 283 g/mol. The van der Waals surface area contributed by atoms with E-state index in [-0.39, 0.29) is 5.75 Å². The molecule has 7 heteroatoms. The van der Waals surface area contributed by atoms with E-state index in [0.717, 1.165) is 17.0 Å². The zero-order valence-corrected chi connectivity index (χ0v) is 11.3. The number of benzene rings is 1. The minimum atomic E-state index is -4.66. The molecule has 1 aromatic carbocycles. The number of nitrogens with zero attached hydrogens (tertiary/aromatic N) is 2. The number of nitrogens with one attached hydrogen (secondary N) is 1. The molecule has 0 aliphatic heterocycles. The normalized spacial score (nSPS) is 11.4. The molecule has 0 atom stereocenters. The predicted octanol–water partition coefficient (Wildman–Crippen LogP) is 2.97. The van der Waals surface area contributed by atoms with E-state index in [9.17, 15) is 13.2 Å². The molecule has 0 saturated carbocycles. The average Bonchev–Trinajstić information content (AvgIpc) is 2.41. The smallest absolute Gasteiger partial charge is 0.406 e. The quantitative estimate of drug-likeness (QED) is 0.921. The monoisotopic (exact) mass is 297 g/mol. The summed E-state index contributed by atoms with van der Waals surface area (Å²) in [5, 5.41) is 3.14. The van der Waals surface area contributed by atoms with E-state index in [2.05, 4.69) is 20.0 Å². The van der Waals surface area contributed by atoms with Gasteiger partial charge >= 0.3 is 6.36 Å². The van der Waals surface area contributed by atoms with E-state index < -0.39 is 6.36 Å². The Labute approximate surface area is 120 Å². The molecule has 2 aromatic rings. The molecule has 0 aliphatic carbocycles. The lowest BCUT2D eigenvalue weighted by Gasteiger charge is -2.09. The topological polar surface area (TPSA) is 47.0 Å². The van der Waals surface area contributed by atoms with E-state index in [4.69, 9.17) is 0 Å². The summed E-state index contributed by atoms with van der Waals surface area (Å²) in [5.41, 5.74) is 2.50. The molecule has 0 aliphatic rings. The molecule has 2 rings (SSSR count). The van der Waals surface area contributed by atoms with E-state index in [1.807, 2.05) is 6.92 Å². The van der Waals surface area contributed by atoms with Gasteiger partial charge in [0.2, 0.25) is 0 Å². The average molecular weight is 297 g/mol. The molecule has 0 saturated heterocycles. The lowest BCUT2D eigenvalue weighted by molar-refractivity contribution is -0.274. The number of alkyl halides is 3. The summed E-state index contributed by atoms with van der Waals surface area (Å²) in [6, 6.07) is 5.73. The van der Waals surface area contributed by atoms with E-state index in [1.165, 1.54) is 12.1 Å². The third-order valence-corrected chi connectivity index (χ3v) is 2.63. The highest BCUT2D eigenvalue weighted by Crippen LogP contribution is 2.22. The van der Waals surface area contributed by atoms with Crippen LogP contribution in [0, 0.1) is 6.92 Å². The Bertz CT molecular complexity index is 568. The molecule has 0 spiro atoms. The van der Waals surface area contributed by atoms with Crippen molar-refractivity contribution in [3.63, 3.8) is 0 Å². The SMILES string of the molecule is Cc1cnc(CNCc2ccc(OC(F)(F)F)cc2)cn1. The number of aryl methyl sites for hydroxylation is 1. The Morgan fingerprint density at radius 2 is 1.76 bits per heavy atom. The molecule has 1 aromatic heterocycles. The lowest BCUT2D eigenvalue weighted by atomic mass is 10.2. The van der Waals surface area contributed by atoms with E-state index in [1.54, 1.807) is 24.5 Å². The van der Waals surface area contributed by atoms with Gasteiger partial charge in [0.25, 0.3) is 0 Å². The van der Waals surface area contributed by atoms with Crippen molar-refractivity contribution in [3.8, 4) is 5.75 Å². The van der Waals surface area contributed by atoms with Gasteiger partial charge in [-0.15, -0.1) is 13.2 Å². The van der Waals surface area contributed by atoms with Gasteiger partial charge in [-0.3, -0.25) is 9.97 Å². The van der Waals surface area contributed by atoms with Crippen LogP contribution in [0.4, 0.5) is 13.2 Å². The van der Waals surface area contributed by atoms with Crippen LogP contribution in [0.15, 0.2) is 36.7 Å². The molecule has 1 heterocycles. The fourth-order valence-corrected chi connectivity index (χ4v) is 1.65. The van der Waals surface area contributed by atoms with Gasteiger partial charge in [-0.05, 0) is 24.6 Å². The highest BCUT2D eigenvalue weighted by Gasteiger charge is 2.30. The summed E-state index contributed by atoms with van der Waals surface area (Å²) in [6.07, 6.45) is -1.30. The van der Waals surface area contributed by atoms with Crippen LogP contribution in [0.2, 0.25) is 0 Å². The van der Waals surface area contributed by atoms with Gasteiger partial charge in [-0.2, -0.15) is 0 Å². The Balaban J connectivity index is 1.82. The third kappa shape index (κ3) is 5.39. The van der Waals surface area contributed by atoms with Crippen LogP contribution in [0.3, 0.4) is 0 Å². The zero-order chi connectivity index (χ0) is 15.3. The Hall–Kier alpha value is -2.15. The van der Waals surface area contributed by atoms with Gasteiger partial charge in [0.05, 0.1) is 11.4 Å². The molecule has 1 N–H and O–H groups in total. The van der Waals surface area contributed by atoms with Crippen molar-refractivity contribution in [1.82, 2.24) is 15.3 Å². The zero-order valence-electron chi connectivity index (χ0n) is 11.3. The number of hydrogen-bond acceptors (Lipinski definition) is 4. The molecule has 4 nitrogen and oxygen atoms in total. The van der Waals surface area contributed by atoms with Gasteiger partial charge in [-0.1, -0.05) is 12.1 Å². The summed E-state index contributed by atoms with van der Waals surface area (Å²) in [7, 11) is 0. The summed E-state index contributed by atoms with van der Waals surface area (Å²) < 4.78 is 39.8. The van der Waals surface area contributed by atoms with Crippen molar-refractivity contribution in [3.05, 3.63) is 53.6 Å². The first-order valence-corrected chi connectivity index (χ1v) is 6.25. The van der Waals surface area contributed by atoms with Gasteiger partial charge in [0.15, 0.2) is 0 Å². The largest absolute Gasteiger partial charge is 0.573 e. The Kier molecular flexibility index (Phi) is 4.74. The number of hydrogen-bond donors (Lipinski definition) is 1. The van der Waals surface area contributed by atoms with Crippen molar-refractivity contribution < 1.29 is 17.9 Å². The summed E-state index contributed by atoms with van der Waals surface area (Å²) in [6.45, 7) is 2.91. The molecule has 0 unspecified atom stereocenters. The second-order valence-electron chi connectivity index (χ2n) is 4.44. The van der Waals surface area contributed by atoms with Crippen LogP contribution in [0.25, 0.3) is 0 Å². The van der Waals surface area contributed by atoms with Crippen LogP contribution < -0.4 is 10.1 Å². The molecule has 112 valence electrons. The van der Waals surface area contributed by atoms with E-state index >= 15 is 0 Å². The van der Waals surface area contributed by atoms with Gasteiger partial charge in [0.1, 0.15) is 5.75 Å². The maximum absolute atomic E-state index is 12.0. The number of halogens is 3. The first-order valence-electron chi connectivity index (χ1n) is 6.25. The van der Waals surface area contributed by atoms with Crippen molar-refractivity contribution in [1.29, 1.82) is 0 Å². The van der Waals surface area contributed by atoms with Gasteiger partial charge in [0, 0.05) is 25.5 Å². The first kappa shape index (κ1) is 15.2. The minimum absolute atomic E-state index is 0.226. The molecule has 0 bridgehead atoms. The highest BCUT2D eigenvalue weighted by molar-refractivity contribution is 5.27. The van der Waals surface area contributed by atoms with Gasteiger partial charge < -0.3 is 10.1 Å². The second-order valence-corrected chi connectivity index (χ2v) is 4.44. The first-order chi connectivity index (χ1) is 9.92. The van der Waals surface area contributed by atoms with Crippen LogP contribution in [0.1, 0.15) is 17.0 Å². The fraction of sp³-hybridized carbons (Fsp3) is 0.286. The lowest BCUT2D eigenvalue weighted by Crippen LogP contribution is -2.17. The Morgan fingerprint density at radius 3 is 2.33 bits per heavy atom. The third-order valence-electron chi connectivity index (χ3n) is 2.63. The maximum atomic E-state index is 12.0. The second kappa shape index (κ2) is 6.53. The number of ether oxygens (including phenoxy) is 1. The maximum Gasteiger partial charge on any atom is 0.573 e. The molecule has 0 radical (unpaired) electrons. The fourth-order valence-electron chi connectivity index (χ4n) is 1.65. The molecule has 21 heavy (non-hydrogen) atoms. The minimum Gasteiger partial charge on any atom is -0.406 e. The highest BCUT2D eigenvalue weighted by atomic mass is 19.4. The van der Waals surface area contributed by atoms with Crippen LogP contribution >= 0.6 is 0 Å². The Morgan fingerprint density at radius 1 is 1.05 bits per heavy atom. The summed E-state index contributed by atoms with van der Waals surface area (Å²) >= 11 is 0. The molecular formula is C14H14F3N3O. The van der Waals surface area contributed by atoms with Crippen molar-refractivity contribution in [2.75, 3.05) is 0 Å². The van der Waals surface area contributed by atoms with Crippen LogP contribution in [-0.4, -0.2) is 16.3 Å². The summed E-state index contributed by atoms with van der Waals surface area (Å²) in [5.74, 6) is -0.226. The van der Waals surface area contributed by atoms with Crippen molar-refractivity contribution in [2.45, 2.75) is 26.4 Å². The standard InChI is InChI=1S/C14H14F3N3O/c1-10-6-20-12(9-19-10)8-18-7-11-2-4-13(5-3-11)21-14(15,16)17/h2-6,9,18H,7-8H2,1H3. The van der Waals surface area contributed by atoms with E-state index in [0.29, 0.717) is 13.1 Å².